The molecule has 4 aromatic carbocycles. The van der Waals surface area contributed by atoms with E-state index in [1.165, 1.54) is 6.07 Å². The summed E-state index contributed by atoms with van der Waals surface area (Å²) in [5, 5.41) is 23.3. The summed E-state index contributed by atoms with van der Waals surface area (Å²) >= 11 is 0. The number of anilines is 1. The lowest BCUT2D eigenvalue weighted by Crippen LogP contribution is -2.49. The van der Waals surface area contributed by atoms with E-state index in [2.05, 4.69) is 46.6 Å². The maximum atomic E-state index is 13.8. The summed E-state index contributed by atoms with van der Waals surface area (Å²) in [6, 6.07) is 26.3. The highest BCUT2D eigenvalue weighted by Gasteiger charge is 2.35. The fraction of sp³-hybridized carbons (Fsp3) is 0.316. The van der Waals surface area contributed by atoms with Gasteiger partial charge in [-0.25, -0.2) is 0 Å². The number of hydrogen-bond donors (Lipinski definition) is 3. The van der Waals surface area contributed by atoms with Gasteiger partial charge in [-0.05, 0) is 60.5 Å². The first-order valence-electron chi connectivity index (χ1n) is 16.1. The summed E-state index contributed by atoms with van der Waals surface area (Å²) in [4.78, 5) is 30.7. The van der Waals surface area contributed by atoms with Gasteiger partial charge < -0.3 is 25.2 Å². The zero-order valence-corrected chi connectivity index (χ0v) is 27.5. The van der Waals surface area contributed by atoms with Crippen molar-refractivity contribution in [1.82, 2.24) is 9.80 Å². The maximum absolute atomic E-state index is 13.8. The summed E-state index contributed by atoms with van der Waals surface area (Å²) in [7, 11) is 1.97. The lowest BCUT2D eigenvalue weighted by atomic mass is 9.98. The smallest absolute Gasteiger partial charge is 0.416 e. The second-order valence-electron chi connectivity index (χ2n) is 12.6. The van der Waals surface area contributed by atoms with E-state index < -0.39 is 41.8 Å². The van der Waals surface area contributed by atoms with Gasteiger partial charge in [-0.15, -0.1) is 0 Å². The third-order valence-corrected chi connectivity index (χ3v) is 8.76. The molecule has 4 atom stereocenters. The van der Waals surface area contributed by atoms with E-state index in [0.29, 0.717) is 19.6 Å². The van der Waals surface area contributed by atoms with Gasteiger partial charge >= 0.3 is 6.18 Å². The van der Waals surface area contributed by atoms with Crippen LogP contribution >= 0.6 is 0 Å². The van der Waals surface area contributed by atoms with Gasteiger partial charge in [0.05, 0.1) is 29.5 Å². The summed E-state index contributed by atoms with van der Waals surface area (Å²) in [6.45, 7) is 4.83. The monoisotopic (exact) mass is 675 g/mol. The average Bonchev–Trinajstić information content (AvgIpc) is 3.09. The van der Waals surface area contributed by atoms with Crippen LogP contribution in [0.4, 0.5) is 18.9 Å². The van der Waals surface area contributed by atoms with E-state index >= 15 is 0 Å². The van der Waals surface area contributed by atoms with Crippen LogP contribution in [0.2, 0.25) is 0 Å². The molecular formula is C38H40F3N3O5. The molecule has 5 rings (SSSR count). The number of rotatable bonds is 10. The SMILES string of the molecule is C[C@@H]1CN([C@@H](C)CO)C(=O)c2cccc(NC(=O)C(O)c3ccc(C(F)(F)F)cc3)c2O[C@@H]1CN(C)Cc1ccc(-c2ccccc2)cc1. The lowest BCUT2D eigenvalue weighted by molar-refractivity contribution is -0.137. The van der Waals surface area contributed by atoms with Gasteiger partial charge in [-0.1, -0.05) is 79.7 Å². The van der Waals surface area contributed by atoms with E-state index in [9.17, 15) is 33.0 Å². The van der Waals surface area contributed by atoms with E-state index in [-0.39, 0.29) is 35.1 Å². The molecule has 0 radical (unpaired) electrons. The number of fused-ring (bicyclic) bond motifs is 1. The van der Waals surface area contributed by atoms with Crippen LogP contribution < -0.4 is 10.1 Å². The number of aliphatic hydroxyl groups is 2. The third-order valence-electron chi connectivity index (χ3n) is 8.76. The minimum Gasteiger partial charge on any atom is -0.486 e. The Morgan fingerprint density at radius 3 is 2.27 bits per heavy atom. The van der Waals surface area contributed by atoms with Gasteiger partial charge in [-0.3, -0.25) is 14.5 Å². The van der Waals surface area contributed by atoms with Crippen LogP contribution in [0.1, 0.15) is 47.0 Å². The van der Waals surface area contributed by atoms with Crippen molar-refractivity contribution in [3.63, 3.8) is 0 Å². The molecule has 0 fully saturated rings. The number of para-hydroxylation sites is 1. The number of halogens is 3. The summed E-state index contributed by atoms with van der Waals surface area (Å²) in [5.41, 5.74) is 2.68. The Morgan fingerprint density at radius 2 is 1.63 bits per heavy atom. The first-order chi connectivity index (χ1) is 23.3. The molecule has 258 valence electrons. The summed E-state index contributed by atoms with van der Waals surface area (Å²) in [5.74, 6) is -1.40. The number of amides is 2. The molecule has 0 aromatic heterocycles. The van der Waals surface area contributed by atoms with Crippen molar-refractivity contribution in [2.45, 2.75) is 44.8 Å². The third kappa shape index (κ3) is 8.48. The van der Waals surface area contributed by atoms with Gasteiger partial charge in [-0.2, -0.15) is 13.2 Å². The van der Waals surface area contributed by atoms with Gasteiger partial charge in [0.25, 0.3) is 11.8 Å². The number of ether oxygens (including phenoxy) is 1. The largest absolute Gasteiger partial charge is 0.486 e. The van der Waals surface area contributed by atoms with Crippen molar-refractivity contribution in [2.24, 2.45) is 5.92 Å². The summed E-state index contributed by atoms with van der Waals surface area (Å²) < 4.78 is 45.7. The van der Waals surface area contributed by atoms with E-state index in [4.69, 9.17) is 4.74 Å². The van der Waals surface area contributed by atoms with Crippen molar-refractivity contribution >= 4 is 17.5 Å². The van der Waals surface area contributed by atoms with Gasteiger partial charge in [0.15, 0.2) is 11.9 Å². The molecule has 0 saturated carbocycles. The first kappa shape index (κ1) is 35.6. The lowest BCUT2D eigenvalue weighted by Gasteiger charge is -2.38. The topological polar surface area (TPSA) is 102 Å². The number of hydrogen-bond acceptors (Lipinski definition) is 6. The van der Waals surface area contributed by atoms with Crippen LogP contribution in [0, 0.1) is 5.92 Å². The molecule has 2 amide bonds. The minimum absolute atomic E-state index is 0.0332. The van der Waals surface area contributed by atoms with Crippen LogP contribution in [0.25, 0.3) is 11.1 Å². The van der Waals surface area contributed by atoms with Gasteiger partial charge in [0, 0.05) is 25.6 Å². The maximum Gasteiger partial charge on any atom is 0.416 e. The molecule has 1 aliphatic rings. The highest BCUT2D eigenvalue weighted by atomic mass is 19.4. The Morgan fingerprint density at radius 1 is 0.980 bits per heavy atom. The average molecular weight is 676 g/mol. The molecule has 1 unspecified atom stereocenters. The molecule has 49 heavy (non-hydrogen) atoms. The summed E-state index contributed by atoms with van der Waals surface area (Å²) in [6.07, 6.45) is -6.82. The number of nitrogens with zero attached hydrogens (tertiary/aromatic N) is 2. The molecular weight excluding hydrogens is 635 g/mol. The highest BCUT2D eigenvalue weighted by Crippen LogP contribution is 2.36. The molecule has 0 aliphatic carbocycles. The van der Waals surface area contributed by atoms with Crippen molar-refractivity contribution in [3.8, 4) is 16.9 Å². The zero-order chi connectivity index (χ0) is 35.3. The van der Waals surface area contributed by atoms with Crippen molar-refractivity contribution in [1.29, 1.82) is 0 Å². The molecule has 1 heterocycles. The van der Waals surface area contributed by atoms with E-state index in [1.54, 1.807) is 24.0 Å². The van der Waals surface area contributed by atoms with E-state index in [1.807, 2.05) is 32.2 Å². The van der Waals surface area contributed by atoms with Crippen molar-refractivity contribution < 1.29 is 37.7 Å². The van der Waals surface area contributed by atoms with Crippen LogP contribution in [-0.4, -0.2) is 70.7 Å². The molecule has 3 N–H and O–H groups in total. The Labute approximate surface area is 283 Å². The Kier molecular flexibility index (Phi) is 11.1. The predicted octanol–water partition coefficient (Wildman–Crippen LogP) is 6.40. The first-order valence-corrected chi connectivity index (χ1v) is 16.1. The number of carbonyl (C=O) groups is 2. The second kappa shape index (κ2) is 15.2. The van der Waals surface area contributed by atoms with Crippen LogP contribution in [-0.2, 0) is 17.5 Å². The molecule has 0 bridgehead atoms. The number of aliphatic hydroxyl groups excluding tert-OH is 2. The molecule has 1 aliphatic heterocycles. The Bertz CT molecular complexity index is 1730. The number of likely N-dealkylation sites (N-methyl/N-ethyl adjacent to an activating group) is 1. The number of carbonyl (C=O) groups excluding carboxylic acids is 2. The molecule has 8 nitrogen and oxygen atoms in total. The van der Waals surface area contributed by atoms with Gasteiger partial charge in [0.2, 0.25) is 0 Å². The highest BCUT2D eigenvalue weighted by molar-refractivity contribution is 6.02. The molecule has 0 spiro atoms. The Balaban J connectivity index is 1.38. The fourth-order valence-corrected chi connectivity index (χ4v) is 5.88. The van der Waals surface area contributed by atoms with E-state index in [0.717, 1.165) is 41.0 Å². The van der Waals surface area contributed by atoms with Crippen LogP contribution in [0.3, 0.4) is 0 Å². The van der Waals surface area contributed by atoms with Crippen LogP contribution in [0.5, 0.6) is 5.75 Å². The molecule has 4 aromatic rings. The van der Waals surface area contributed by atoms with Gasteiger partial charge in [0.1, 0.15) is 6.10 Å². The molecule has 0 saturated heterocycles. The minimum atomic E-state index is -4.56. The molecule has 11 heteroatoms. The quantitative estimate of drug-likeness (QED) is 0.180. The van der Waals surface area contributed by atoms with Crippen molar-refractivity contribution in [2.75, 3.05) is 32.1 Å². The number of nitrogens with one attached hydrogen (secondary N) is 1. The Hall–Kier alpha value is -4.71. The number of alkyl halides is 3. The van der Waals surface area contributed by atoms with Crippen molar-refractivity contribution in [3.05, 3.63) is 119 Å². The second-order valence-corrected chi connectivity index (χ2v) is 12.6. The van der Waals surface area contributed by atoms with Crippen LogP contribution in [0.15, 0.2) is 97.1 Å². The predicted molar refractivity (Wildman–Crippen MR) is 181 cm³/mol. The number of benzene rings is 4. The standard InChI is InChI=1S/C38H40F3N3O5/c1-24-20-44(25(2)23-45)37(48)31-10-7-11-32(42-36(47)34(46)29-16-18-30(19-17-29)38(39,40)41)35(31)49-33(24)22-43(3)21-26-12-14-28(15-13-26)27-8-5-4-6-9-27/h4-19,24-25,33-34,45-46H,20-23H2,1-3H3,(H,42,47)/t24-,25+,33-,34?/m1/s1. The zero-order valence-electron chi connectivity index (χ0n) is 27.5. The fourth-order valence-electron chi connectivity index (χ4n) is 5.88. The normalized spacial score (nSPS) is 17.8.